The number of nitrogens with zero attached hydrogens (tertiary/aromatic N) is 2. The Bertz CT molecular complexity index is 583. The summed E-state index contributed by atoms with van der Waals surface area (Å²) in [7, 11) is 0. The van der Waals surface area contributed by atoms with Crippen LogP contribution >= 0.6 is 15.9 Å². The number of alkyl halides is 3. The molecule has 3 N–H and O–H groups in total. The molecule has 0 amide bonds. The highest BCUT2D eigenvalue weighted by Gasteiger charge is 2.35. The Kier molecular flexibility index (Phi) is 3.61. The normalized spacial score (nSPS) is 11.4. The summed E-state index contributed by atoms with van der Waals surface area (Å²) in [5.41, 5.74) is 5.93. The van der Waals surface area contributed by atoms with Crippen molar-refractivity contribution in [1.29, 1.82) is 0 Å². The van der Waals surface area contributed by atoms with Gasteiger partial charge in [-0.2, -0.15) is 13.2 Å². The SMILES string of the molecule is Nc1cc(Nc2ccc(Br)cc2)nc(C(F)(F)F)n1. The molecule has 4 nitrogen and oxygen atoms in total. The number of benzene rings is 1. The molecule has 2 aromatic rings. The minimum Gasteiger partial charge on any atom is -0.384 e. The molecule has 0 aliphatic heterocycles. The monoisotopic (exact) mass is 332 g/mol. The van der Waals surface area contributed by atoms with E-state index < -0.39 is 12.0 Å². The maximum Gasteiger partial charge on any atom is 0.451 e. The number of halogens is 4. The first-order valence-corrected chi connectivity index (χ1v) is 5.88. The summed E-state index contributed by atoms with van der Waals surface area (Å²) in [6.45, 7) is 0. The number of hydrogen-bond acceptors (Lipinski definition) is 4. The summed E-state index contributed by atoms with van der Waals surface area (Å²) in [4.78, 5) is 6.54. The van der Waals surface area contributed by atoms with E-state index in [1.54, 1.807) is 24.3 Å². The van der Waals surface area contributed by atoms with Crippen molar-refractivity contribution in [2.45, 2.75) is 6.18 Å². The van der Waals surface area contributed by atoms with Gasteiger partial charge in [0.05, 0.1) is 0 Å². The predicted molar refractivity (Wildman–Crippen MR) is 68.9 cm³/mol. The number of aromatic nitrogens is 2. The molecule has 0 spiro atoms. The highest BCUT2D eigenvalue weighted by Crippen LogP contribution is 2.28. The Morgan fingerprint density at radius 3 is 2.32 bits per heavy atom. The molecule has 1 heterocycles. The van der Waals surface area contributed by atoms with Crippen molar-refractivity contribution in [3.63, 3.8) is 0 Å². The Hall–Kier alpha value is -1.83. The minimum atomic E-state index is -4.63. The summed E-state index contributed by atoms with van der Waals surface area (Å²) in [6, 6.07) is 8.11. The van der Waals surface area contributed by atoms with Crippen LogP contribution in [0.1, 0.15) is 5.82 Å². The van der Waals surface area contributed by atoms with Crippen LogP contribution in [-0.2, 0) is 6.18 Å². The Morgan fingerprint density at radius 1 is 1.11 bits per heavy atom. The van der Waals surface area contributed by atoms with E-state index in [0.717, 1.165) is 4.47 Å². The molecule has 100 valence electrons. The molecule has 0 saturated carbocycles. The molecular formula is C11H8BrF3N4. The maximum absolute atomic E-state index is 12.5. The molecule has 0 radical (unpaired) electrons. The molecule has 0 unspecified atom stereocenters. The number of nitrogens with one attached hydrogen (secondary N) is 1. The lowest BCUT2D eigenvalue weighted by molar-refractivity contribution is -0.144. The highest BCUT2D eigenvalue weighted by molar-refractivity contribution is 9.10. The summed E-state index contributed by atoms with van der Waals surface area (Å²) >= 11 is 3.26. The first kappa shape index (κ1) is 13.6. The van der Waals surface area contributed by atoms with E-state index in [2.05, 4.69) is 31.2 Å². The average Bonchev–Trinajstić information content (AvgIpc) is 2.30. The third-order valence-electron chi connectivity index (χ3n) is 2.12. The van der Waals surface area contributed by atoms with Crippen molar-refractivity contribution in [3.05, 3.63) is 40.6 Å². The zero-order valence-electron chi connectivity index (χ0n) is 9.37. The van der Waals surface area contributed by atoms with E-state index in [9.17, 15) is 13.2 Å². The lowest BCUT2D eigenvalue weighted by atomic mass is 10.3. The molecule has 1 aromatic heterocycles. The molecule has 0 atom stereocenters. The summed E-state index contributed by atoms with van der Waals surface area (Å²) < 4.78 is 38.4. The third-order valence-corrected chi connectivity index (χ3v) is 2.64. The molecule has 19 heavy (non-hydrogen) atoms. The largest absolute Gasteiger partial charge is 0.451 e. The van der Waals surface area contributed by atoms with Gasteiger partial charge in [0.1, 0.15) is 11.6 Å². The molecule has 0 aliphatic rings. The number of anilines is 3. The van der Waals surface area contributed by atoms with Gasteiger partial charge in [0.15, 0.2) is 0 Å². The molecule has 0 fully saturated rings. The van der Waals surface area contributed by atoms with Crippen molar-refractivity contribution < 1.29 is 13.2 Å². The van der Waals surface area contributed by atoms with E-state index in [1.807, 2.05) is 0 Å². The zero-order chi connectivity index (χ0) is 14.0. The fourth-order valence-corrected chi connectivity index (χ4v) is 1.60. The van der Waals surface area contributed by atoms with Gasteiger partial charge in [0, 0.05) is 16.2 Å². The highest BCUT2D eigenvalue weighted by atomic mass is 79.9. The summed E-state index contributed by atoms with van der Waals surface area (Å²) in [6.07, 6.45) is -4.63. The smallest absolute Gasteiger partial charge is 0.384 e. The second-order valence-corrected chi connectivity index (χ2v) is 4.55. The van der Waals surface area contributed by atoms with E-state index in [-0.39, 0.29) is 11.6 Å². The van der Waals surface area contributed by atoms with Gasteiger partial charge in [-0.1, -0.05) is 15.9 Å². The van der Waals surface area contributed by atoms with Crippen LogP contribution in [0.3, 0.4) is 0 Å². The Labute approximate surface area is 115 Å². The van der Waals surface area contributed by atoms with Crippen LogP contribution in [0.2, 0.25) is 0 Å². The standard InChI is InChI=1S/C11H8BrF3N4/c12-6-1-3-7(4-2-6)17-9-5-8(16)18-10(19-9)11(13,14)15/h1-5H,(H3,16,17,18,19). The number of nitrogens with two attached hydrogens (primary N) is 1. The van der Waals surface area contributed by atoms with Crippen molar-refractivity contribution in [1.82, 2.24) is 9.97 Å². The zero-order valence-corrected chi connectivity index (χ0v) is 11.0. The number of hydrogen-bond donors (Lipinski definition) is 2. The predicted octanol–water partition coefficient (Wildman–Crippen LogP) is 3.58. The molecular weight excluding hydrogens is 325 g/mol. The van der Waals surface area contributed by atoms with Crippen LogP contribution in [-0.4, -0.2) is 9.97 Å². The van der Waals surface area contributed by atoms with Crippen molar-refractivity contribution in [2.24, 2.45) is 0 Å². The van der Waals surface area contributed by atoms with E-state index in [4.69, 9.17) is 5.73 Å². The first-order chi connectivity index (χ1) is 8.84. The minimum absolute atomic E-state index is 0.0119. The van der Waals surface area contributed by atoms with Crippen LogP contribution in [0.15, 0.2) is 34.8 Å². The molecule has 0 saturated heterocycles. The van der Waals surface area contributed by atoms with Crippen LogP contribution in [0.4, 0.5) is 30.5 Å². The van der Waals surface area contributed by atoms with Crippen LogP contribution in [0, 0.1) is 0 Å². The van der Waals surface area contributed by atoms with E-state index in [1.165, 1.54) is 6.07 Å². The van der Waals surface area contributed by atoms with Gasteiger partial charge >= 0.3 is 6.18 Å². The van der Waals surface area contributed by atoms with Crippen LogP contribution < -0.4 is 11.1 Å². The Balaban J connectivity index is 2.30. The van der Waals surface area contributed by atoms with E-state index in [0.29, 0.717) is 5.69 Å². The van der Waals surface area contributed by atoms with Crippen molar-refractivity contribution >= 4 is 33.3 Å². The summed E-state index contributed by atoms with van der Waals surface area (Å²) in [5.74, 6) is -1.53. The lowest BCUT2D eigenvalue weighted by Crippen LogP contribution is -2.13. The van der Waals surface area contributed by atoms with Crippen LogP contribution in [0.5, 0.6) is 0 Å². The summed E-state index contributed by atoms with van der Waals surface area (Å²) in [5, 5.41) is 2.73. The molecule has 2 rings (SSSR count). The molecule has 0 bridgehead atoms. The van der Waals surface area contributed by atoms with Gasteiger partial charge < -0.3 is 11.1 Å². The quantitative estimate of drug-likeness (QED) is 0.882. The second kappa shape index (κ2) is 5.04. The van der Waals surface area contributed by atoms with Gasteiger partial charge in [-0.05, 0) is 24.3 Å². The van der Waals surface area contributed by atoms with Gasteiger partial charge in [-0.15, -0.1) is 0 Å². The molecule has 1 aromatic carbocycles. The van der Waals surface area contributed by atoms with Crippen molar-refractivity contribution in [3.8, 4) is 0 Å². The van der Waals surface area contributed by atoms with Crippen molar-refractivity contribution in [2.75, 3.05) is 11.1 Å². The second-order valence-electron chi connectivity index (χ2n) is 3.63. The van der Waals surface area contributed by atoms with Gasteiger partial charge in [0.2, 0.25) is 5.82 Å². The van der Waals surface area contributed by atoms with Gasteiger partial charge in [-0.25, -0.2) is 9.97 Å². The van der Waals surface area contributed by atoms with Gasteiger partial charge in [0.25, 0.3) is 0 Å². The van der Waals surface area contributed by atoms with Crippen LogP contribution in [0.25, 0.3) is 0 Å². The lowest BCUT2D eigenvalue weighted by Gasteiger charge is -2.10. The van der Waals surface area contributed by atoms with E-state index >= 15 is 0 Å². The Morgan fingerprint density at radius 2 is 1.74 bits per heavy atom. The first-order valence-electron chi connectivity index (χ1n) is 5.09. The fourth-order valence-electron chi connectivity index (χ4n) is 1.34. The third kappa shape index (κ3) is 3.57. The number of nitrogen functional groups attached to an aromatic ring is 1. The fraction of sp³-hybridized carbons (Fsp3) is 0.0909. The molecule has 0 aliphatic carbocycles. The average molecular weight is 333 g/mol. The molecule has 8 heteroatoms. The topological polar surface area (TPSA) is 63.8 Å². The maximum atomic E-state index is 12.5. The van der Waals surface area contributed by atoms with Gasteiger partial charge in [-0.3, -0.25) is 0 Å². The number of rotatable bonds is 2.